The number of H-pyrrole nitrogens is 1. The van der Waals surface area contributed by atoms with Gasteiger partial charge in [-0.3, -0.25) is 0 Å². The van der Waals surface area contributed by atoms with E-state index in [0.717, 1.165) is 0 Å². The Morgan fingerprint density at radius 1 is 1.22 bits per heavy atom. The molecule has 0 radical (unpaired) electrons. The van der Waals surface area contributed by atoms with Crippen LogP contribution < -0.4 is 14.8 Å². The van der Waals surface area contributed by atoms with Crippen LogP contribution in [-0.4, -0.2) is 47.7 Å². The highest BCUT2D eigenvalue weighted by Gasteiger charge is 2.21. The summed E-state index contributed by atoms with van der Waals surface area (Å²) in [7, 11) is 2.61. The summed E-state index contributed by atoms with van der Waals surface area (Å²) in [6.45, 7) is 3.64. The minimum atomic E-state index is -0.911. The van der Waals surface area contributed by atoms with Crippen molar-refractivity contribution in [3.05, 3.63) is 59.1 Å². The van der Waals surface area contributed by atoms with Crippen LogP contribution in [-0.2, 0) is 6.42 Å². The third kappa shape index (κ3) is 4.88. The monoisotopic (exact) mass is 444 g/mol. The van der Waals surface area contributed by atoms with Crippen LogP contribution in [0.15, 0.2) is 30.7 Å². The molecule has 0 aliphatic carbocycles. The number of rotatable bonds is 9. The number of aliphatic hydroxyl groups is 1. The normalized spacial score (nSPS) is 12.2. The van der Waals surface area contributed by atoms with E-state index in [1.165, 1.54) is 26.5 Å². The smallest absolute Gasteiger partial charge is 0.171 e. The number of benzene rings is 1. The number of fused-ring (bicyclic) bond motifs is 1. The van der Waals surface area contributed by atoms with Crippen molar-refractivity contribution < 1.29 is 23.4 Å². The van der Waals surface area contributed by atoms with E-state index in [2.05, 4.69) is 15.3 Å². The molecule has 0 atom stereocenters. The molecule has 3 rings (SSSR count). The van der Waals surface area contributed by atoms with Crippen LogP contribution in [0.1, 0.15) is 30.5 Å². The maximum atomic E-state index is 14.8. The molecule has 0 spiro atoms. The van der Waals surface area contributed by atoms with Gasteiger partial charge >= 0.3 is 0 Å². The zero-order valence-electron chi connectivity index (χ0n) is 18.3. The number of ether oxygens (including phenoxy) is 2. The van der Waals surface area contributed by atoms with Crippen LogP contribution in [0.25, 0.3) is 16.6 Å². The van der Waals surface area contributed by atoms with E-state index in [4.69, 9.17) is 14.9 Å². The molecular formula is C23H26F2N4O3. The van der Waals surface area contributed by atoms with Gasteiger partial charge in [-0.05, 0) is 25.5 Å². The van der Waals surface area contributed by atoms with Crippen molar-refractivity contribution in [1.82, 2.24) is 15.3 Å². The number of hydrogen-bond donors (Lipinski definition) is 4. The summed E-state index contributed by atoms with van der Waals surface area (Å²) < 4.78 is 39.7. The van der Waals surface area contributed by atoms with Crippen LogP contribution in [0.5, 0.6) is 11.5 Å². The number of nitrogens with one attached hydrogen (secondary N) is 3. The van der Waals surface area contributed by atoms with E-state index in [1.807, 2.05) is 0 Å². The molecule has 2 aromatic heterocycles. The summed E-state index contributed by atoms with van der Waals surface area (Å²) in [4.78, 5) is 7.38. The van der Waals surface area contributed by atoms with Gasteiger partial charge in [-0.25, -0.2) is 13.8 Å². The molecule has 4 N–H and O–H groups in total. The molecule has 0 saturated carbocycles. The van der Waals surface area contributed by atoms with E-state index < -0.39 is 17.2 Å². The lowest BCUT2D eigenvalue weighted by atomic mass is 10.0. The number of nitrogens with zero attached hydrogens (tertiary/aromatic N) is 1. The molecule has 1 aromatic carbocycles. The number of aromatic nitrogens is 2. The van der Waals surface area contributed by atoms with Crippen LogP contribution in [0, 0.1) is 17.0 Å². The second-order valence-corrected chi connectivity index (χ2v) is 7.94. The van der Waals surface area contributed by atoms with Gasteiger partial charge in [0.25, 0.3) is 0 Å². The Labute approximate surface area is 184 Å². The van der Waals surface area contributed by atoms with Gasteiger partial charge in [0, 0.05) is 65.9 Å². The second kappa shape index (κ2) is 9.35. The molecule has 170 valence electrons. The average molecular weight is 444 g/mol. The first-order valence-corrected chi connectivity index (χ1v) is 9.90. The molecule has 0 aliphatic rings. The minimum Gasteiger partial charge on any atom is -0.494 e. The molecule has 7 nitrogen and oxygen atoms in total. The van der Waals surface area contributed by atoms with E-state index in [1.54, 1.807) is 38.5 Å². The number of pyridine rings is 1. The van der Waals surface area contributed by atoms with Crippen molar-refractivity contribution in [2.75, 3.05) is 20.8 Å². The summed E-state index contributed by atoms with van der Waals surface area (Å²) in [6.07, 6.45) is 5.97. The predicted octanol–water partition coefficient (Wildman–Crippen LogP) is 3.80. The largest absolute Gasteiger partial charge is 0.494 e. The van der Waals surface area contributed by atoms with Gasteiger partial charge in [0.1, 0.15) is 5.65 Å². The molecular weight excluding hydrogens is 418 g/mol. The third-order valence-electron chi connectivity index (χ3n) is 4.93. The van der Waals surface area contributed by atoms with E-state index >= 15 is 0 Å². The Hall–Kier alpha value is -3.46. The molecule has 0 aliphatic heterocycles. The Kier molecular flexibility index (Phi) is 6.78. The first-order chi connectivity index (χ1) is 15.2. The predicted molar refractivity (Wildman–Crippen MR) is 119 cm³/mol. The van der Waals surface area contributed by atoms with Gasteiger partial charge in [-0.2, -0.15) is 0 Å². The molecule has 9 heteroatoms. The molecule has 0 unspecified atom stereocenters. The summed E-state index contributed by atoms with van der Waals surface area (Å²) >= 11 is 0. The van der Waals surface area contributed by atoms with E-state index in [0.29, 0.717) is 34.3 Å². The van der Waals surface area contributed by atoms with E-state index in [9.17, 15) is 13.9 Å². The fourth-order valence-electron chi connectivity index (χ4n) is 3.26. The zero-order valence-corrected chi connectivity index (χ0v) is 18.3. The number of halogens is 2. The standard InChI is InChI=1S/C23H26F2N4O3/c1-23(2,30)12-27-9-15(8-26)13-5-16-14(11-29-22(16)28-10-13)6-17-20(24)18(31-3)7-19(32-4)21(17)25/h5,7-11,26-27,30H,6,12H2,1-4H3,(H,28,29)/b15-9+,26-8?. The SMILES string of the molecule is COc1cc(OC)c(F)c(Cc2c[nH]c3ncc(/C(C=N)=C/NCC(C)(C)O)cc23)c1F. The highest BCUT2D eigenvalue weighted by Crippen LogP contribution is 2.34. The zero-order chi connectivity index (χ0) is 23.5. The summed E-state index contributed by atoms with van der Waals surface area (Å²) in [5.74, 6) is -1.80. The lowest BCUT2D eigenvalue weighted by Crippen LogP contribution is -2.32. The van der Waals surface area contributed by atoms with Crippen LogP contribution >= 0.6 is 0 Å². The Morgan fingerprint density at radius 2 is 1.88 bits per heavy atom. The van der Waals surface area contributed by atoms with Gasteiger partial charge in [0.15, 0.2) is 23.1 Å². The fraction of sp³-hybridized carbons (Fsp3) is 0.304. The Bertz CT molecular complexity index is 1140. The summed E-state index contributed by atoms with van der Waals surface area (Å²) in [5, 5.41) is 21.2. The van der Waals surface area contributed by atoms with Gasteiger partial charge in [-0.1, -0.05) is 0 Å². The third-order valence-corrected chi connectivity index (χ3v) is 4.93. The lowest BCUT2D eigenvalue weighted by molar-refractivity contribution is 0.0836. The van der Waals surface area contributed by atoms with E-state index in [-0.39, 0.29) is 23.5 Å². The topological polar surface area (TPSA) is 103 Å². The van der Waals surface area contributed by atoms with Crippen molar-refractivity contribution >= 4 is 22.8 Å². The number of hydrogen-bond acceptors (Lipinski definition) is 6. The Morgan fingerprint density at radius 3 is 2.44 bits per heavy atom. The maximum Gasteiger partial charge on any atom is 0.171 e. The molecule has 0 fully saturated rings. The molecule has 2 heterocycles. The summed E-state index contributed by atoms with van der Waals surface area (Å²) in [6, 6.07) is 2.97. The van der Waals surface area contributed by atoms with Crippen molar-refractivity contribution in [1.29, 1.82) is 5.41 Å². The number of allylic oxidation sites excluding steroid dienone is 1. The molecule has 0 saturated heterocycles. The average Bonchev–Trinajstić information content (AvgIpc) is 3.15. The van der Waals surface area contributed by atoms with Crippen molar-refractivity contribution in [2.24, 2.45) is 0 Å². The fourth-order valence-corrected chi connectivity index (χ4v) is 3.26. The van der Waals surface area contributed by atoms with Crippen molar-refractivity contribution in [3.8, 4) is 11.5 Å². The first-order valence-electron chi connectivity index (χ1n) is 9.90. The number of aromatic amines is 1. The molecule has 32 heavy (non-hydrogen) atoms. The lowest BCUT2D eigenvalue weighted by Gasteiger charge is -2.17. The van der Waals surface area contributed by atoms with Crippen LogP contribution in [0.3, 0.4) is 0 Å². The van der Waals surface area contributed by atoms with Crippen molar-refractivity contribution in [3.63, 3.8) is 0 Å². The maximum absolute atomic E-state index is 14.8. The highest BCUT2D eigenvalue weighted by molar-refractivity contribution is 6.09. The van der Waals surface area contributed by atoms with Gasteiger partial charge in [-0.15, -0.1) is 0 Å². The van der Waals surface area contributed by atoms with Crippen molar-refractivity contribution in [2.45, 2.75) is 25.9 Å². The Balaban J connectivity index is 2.00. The first kappa shape index (κ1) is 23.2. The van der Waals surface area contributed by atoms with Crippen LogP contribution in [0.4, 0.5) is 8.78 Å². The quantitative estimate of drug-likeness (QED) is 0.376. The minimum absolute atomic E-state index is 0.0586. The summed E-state index contributed by atoms with van der Waals surface area (Å²) in [5.41, 5.74) is 1.26. The second-order valence-electron chi connectivity index (χ2n) is 7.94. The molecule has 0 amide bonds. The highest BCUT2D eigenvalue weighted by atomic mass is 19.1. The number of methoxy groups -OCH3 is 2. The molecule has 0 bridgehead atoms. The van der Waals surface area contributed by atoms with Gasteiger partial charge in [0.2, 0.25) is 0 Å². The van der Waals surface area contributed by atoms with Crippen LogP contribution in [0.2, 0.25) is 0 Å². The van der Waals surface area contributed by atoms with Gasteiger partial charge < -0.3 is 30.3 Å². The molecule has 3 aromatic rings. The van der Waals surface area contributed by atoms with Gasteiger partial charge in [0.05, 0.1) is 19.8 Å².